The zero-order valence-corrected chi connectivity index (χ0v) is 14.6. The number of methoxy groups -OCH3 is 1. The average Bonchev–Trinajstić information content (AvgIpc) is 2.40. The lowest BCUT2D eigenvalue weighted by Crippen LogP contribution is -2.54. The van der Waals surface area contributed by atoms with Gasteiger partial charge in [0, 0.05) is 27.9 Å². The molecule has 0 fully saturated rings. The molecule has 0 heterocycles. The number of amides is 1. The fourth-order valence-corrected chi connectivity index (χ4v) is 7.18. The van der Waals surface area contributed by atoms with Gasteiger partial charge in [0.15, 0.2) is 8.32 Å². The van der Waals surface area contributed by atoms with Crippen LogP contribution in [-0.4, -0.2) is 58.4 Å². The maximum Gasteiger partial charge on any atom is 0.668 e. The van der Waals surface area contributed by atoms with E-state index in [4.69, 9.17) is 17.4 Å². The van der Waals surface area contributed by atoms with E-state index in [1.807, 2.05) is 0 Å². The van der Waals surface area contributed by atoms with Crippen LogP contribution in [0.2, 0.25) is 19.1 Å². The van der Waals surface area contributed by atoms with Crippen LogP contribution < -0.4 is 5.32 Å². The van der Waals surface area contributed by atoms with Crippen molar-refractivity contribution in [2.45, 2.75) is 25.6 Å². The minimum absolute atomic E-state index is 0.421. The molecule has 9 heteroatoms. The van der Waals surface area contributed by atoms with E-state index in [-0.39, 0.29) is 0 Å². The van der Waals surface area contributed by atoms with Crippen LogP contribution in [0.25, 0.3) is 0 Å². The Kier molecular flexibility index (Phi) is 8.45. The summed E-state index contributed by atoms with van der Waals surface area (Å²) in [5, 5.41) is 2.63. The molecule has 0 spiro atoms. The molecule has 114 valence electrons. The van der Waals surface area contributed by atoms with Crippen molar-refractivity contribution in [2.24, 2.45) is 0 Å². The van der Waals surface area contributed by atoms with Crippen molar-refractivity contribution in [2.75, 3.05) is 35.0 Å². The molecule has 0 aromatic rings. The van der Waals surface area contributed by atoms with Gasteiger partial charge in [-0.1, -0.05) is 0 Å². The Balaban J connectivity index is 4.19. The first kappa shape index (κ1) is 18.5. The Labute approximate surface area is 117 Å². The number of rotatable bonds is 9. The second-order valence-electron chi connectivity index (χ2n) is 4.50. The molecule has 7 nitrogen and oxygen atoms in total. The van der Waals surface area contributed by atoms with Crippen LogP contribution in [0.5, 0.6) is 0 Å². The SMILES string of the molecule is COC(=O)NCCC[Si](C)(C)O[Si](OC)(OC)OC. The highest BCUT2D eigenvalue weighted by atomic mass is 28.5. The molecule has 0 aromatic heterocycles. The number of ether oxygens (including phenoxy) is 1. The molecule has 1 amide bonds. The monoisotopic (exact) mass is 311 g/mol. The van der Waals surface area contributed by atoms with Gasteiger partial charge in [0.25, 0.3) is 0 Å². The van der Waals surface area contributed by atoms with Crippen LogP contribution in [0.15, 0.2) is 0 Å². The number of carbonyl (C=O) groups excluding carboxylic acids is 1. The first-order chi connectivity index (χ1) is 8.84. The summed E-state index contributed by atoms with van der Waals surface area (Å²) in [6.07, 6.45) is 0.380. The molecule has 0 bridgehead atoms. The Morgan fingerprint density at radius 1 is 1.05 bits per heavy atom. The first-order valence-corrected chi connectivity index (χ1v) is 10.8. The Bertz CT molecular complexity index is 264. The van der Waals surface area contributed by atoms with Gasteiger partial charge in [0.2, 0.25) is 0 Å². The lowest BCUT2D eigenvalue weighted by Gasteiger charge is -2.32. The van der Waals surface area contributed by atoms with Gasteiger partial charge in [-0.3, -0.25) is 0 Å². The van der Waals surface area contributed by atoms with E-state index < -0.39 is 23.5 Å². The van der Waals surface area contributed by atoms with Crippen LogP contribution in [0.3, 0.4) is 0 Å². The second kappa shape index (κ2) is 8.66. The first-order valence-electron chi connectivity index (χ1n) is 6.02. The normalized spacial score (nSPS) is 12.3. The smallest absolute Gasteiger partial charge is 0.453 e. The molecule has 0 aliphatic rings. The third-order valence-corrected chi connectivity index (χ3v) is 8.83. The van der Waals surface area contributed by atoms with E-state index >= 15 is 0 Å². The van der Waals surface area contributed by atoms with Crippen LogP contribution in [0.4, 0.5) is 4.79 Å². The molecule has 0 saturated heterocycles. The summed E-state index contributed by atoms with van der Waals surface area (Å²) in [5.74, 6) is 0. The van der Waals surface area contributed by atoms with Crippen molar-refractivity contribution in [1.82, 2.24) is 5.32 Å². The van der Waals surface area contributed by atoms with Crippen LogP contribution in [0.1, 0.15) is 6.42 Å². The van der Waals surface area contributed by atoms with Crippen LogP contribution in [0, 0.1) is 0 Å². The average molecular weight is 311 g/mol. The summed E-state index contributed by atoms with van der Waals surface area (Å²) in [7, 11) is 0.908. The maximum absolute atomic E-state index is 10.9. The fourth-order valence-electron chi connectivity index (χ4n) is 1.54. The van der Waals surface area contributed by atoms with Crippen LogP contribution >= 0.6 is 0 Å². The summed E-state index contributed by atoms with van der Waals surface area (Å²) < 4.78 is 26.2. The third kappa shape index (κ3) is 7.04. The standard InChI is InChI=1S/C10H25NO6Si2/c1-13-10(12)11-8-7-9-18(5,6)17-19(14-2,15-3)16-4/h7-9H2,1-6H3,(H,11,12). The van der Waals surface area contributed by atoms with E-state index in [0.29, 0.717) is 6.54 Å². The van der Waals surface area contributed by atoms with Crippen molar-refractivity contribution in [3.8, 4) is 0 Å². The highest BCUT2D eigenvalue weighted by molar-refractivity contribution is 6.78. The third-order valence-electron chi connectivity index (χ3n) is 2.56. The van der Waals surface area contributed by atoms with Crippen molar-refractivity contribution in [3.05, 3.63) is 0 Å². The van der Waals surface area contributed by atoms with Crippen molar-refractivity contribution in [3.63, 3.8) is 0 Å². The molecule has 0 aliphatic carbocycles. The zero-order valence-electron chi connectivity index (χ0n) is 12.6. The van der Waals surface area contributed by atoms with E-state index in [9.17, 15) is 4.79 Å². The molecule has 0 rings (SSSR count). The van der Waals surface area contributed by atoms with Crippen molar-refractivity contribution < 1.29 is 26.9 Å². The Morgan fingerprint density at radius 2 is 1.58 bits per heavy atom. The predicted octanol–water partition coefficient (Wildman–Crippen LogP) is 1.33. The highest BCUT2D eigenvalue weighted by Crippen LogP contribution is 2.21. The summed E-state index contributed by atoms with van der Waals surface area (Å²) in [4.78, 5) is 10.9. The van der Waals surface area contributed by atoms with E-state index in [0.717, 1.165) is 12.5 Å². The Morgan fingerprint density at radius 3 is 2.00 bits per heavy atom. The zero-order chi connectivity index (χ0) is 14.9. The summed E-state index contributed by atoms with van der Waals surface area (Å²) in [6.45, 7) is 4.67. The topological polar surface area (TPSA) is 75.3 Å². The second-order valence-corrected chi connectivity index (χ2v) is 11.6. The predicted molar refractivity (Wildman–Crippen MR) is 75.2 cm³/mol. The molecule has 0 atom stereocenters. The molecule has 1 N–H and O–H groups in total. The van der Waals surface area contributed by atoms with Gasteiger partial charge in [-0.15, -0.1) is 0 Å². The number of nitrogens with one attached hydrogen (secondary N) is 1. The highest BCUT2D eigenvalue weighted by Gasteiger charge is 2.47. The largest absolute Gasteiger partial charge is 0.668 e. The van der Waals surface area contributed by atoms with E-state index in [2.05, 4.69) is 23.1 Å². The van der Waals surface area contributed by atoms with Gasteiger partial charge in [-0.2, -0.15) is 0 Å². The number of alkyl carbamates (subject to hydrolysis) is 1. The quantitative estimate of drug-likeness (QED) is 0.511. The van der Waals surface area contributed by atoms with Crippen LogP contribution in [-0.2, 0) is 22.1 Å². The molecule has 0 aliphatic heterocycles. The van der Waals surface area contributed by atoms with Gasteiger partial charge < -0.3 is 27.4 Å². The van der Waals surface area contributed by atoms with E-state index in [1.165, 1.54) is 28.4 Å². The van der Waals surface area contributed by atoms with Crippen molar-refractivity contribution >= 4 is 23.5 Å². The molecule has 0 radical (unpaired) electrons. The number of carbonyl (C=O) groups is 1. The fraction of sp³-hybridized carbons (Fsp3) is 0.900. The van der Waals surface area contributed by atoms with Gasteiger partial charge in [-0.05, 0) is 25.6 Å². The van der Waals surface area contributed by atoms with Gasteiger partial charge in [0.1, 0.15) is 0 Å². The maximum atomic E-state index is 10.9. The molecule has 0 unspecified atom stereocenters. The minimum Gasteiger partial charge on any atom is -0.453 e. The Hall–Kier alpha value is -0.456. The lowest BCUT2D eigenvalue weighted by atomic mass is 10.5. The number of hydrogen-bond acceptors (Lipinski definition) is 6. The molecular formula is C10H25NO6Si2. The van der Waals surface area contributed by atoms with Gasteiger partial charge >= 0.3 is 15.1 Å². The van der Waals surface area contributed by atoms with Gasteiger partial charge in [-0.25, -0.2) is 4.79 Å². The minimum atomic E-state index is -2.99. The summed E-state index contributed by atoms with van der Waals surface area (Å²) in [5.41, 5.74) is 0. The van der Waals surface area contributed by atoms with Gasteiger partial charge in [0.05, 0.1) is 7.11 Å². The van der Waals surface area contributed by atoms with Crippen molar-refractivity contribution in [1.29, 1.82) is 0 Å². The molecule has 0 aromatic carbocycles. The molecule has 19 heavy (non-hydrogen) atoms. The van der Waals surface area contributed by atoms with E-state index in [1.54, 1.807) is 0 Å². The summed E-state index contributed by atoms with van der Waals surface area (Å²) >= 11 is 0. The number of hydrogen-bond donors (Lipinski definition) is 1. The lowest BCUT2D eigenvalue weighted by molar-refractivity contribution is 0.0478. The summed E-state index contributed by atoms with van der Waals surface area (Å²) in [6, 6.07) is 0.849. The molecular weight excluding hydrogens is 286 g/mol. The molecule has 0 saturated carbocycles.